The average Bonchev–Trinajstić information content (AvgIpc) is 4.15. The number of aromatic amines is 1. The molecule has 3 aliphatic rings. The summed E-state index contributed by atoms with van der Waals surface area (Å²) in [5.41, 5.74) is 3.24. The fourth-order valence-electron chi connectivity index (χ4n) is 11.3. The Balaban J connectivity index is 0.805. The molecule has 2 aromatic heterocycles. The van der Waals surface area contributed by atoms with Gasteiger partial charge < -0.3 is 30.5 Å². The number of nitrogens with one attached hydrogen (secondary N) is 3. The molecule has 3 aromatic carbocycles. The molecule has 0 radical (unpaired) electrons. The van der Waals surface area contributed by atoms with E-state index >= 15 is 4.39 Å². The van der Waals surface area contributed by atoms with Crippen LogP contribution in [-0.2, 0) is 38.3 Å². The minimum atomic E-state index is -4.98. The van der Waals surface area contributed by atoms with Crippen LogP contribution in [0.5, 0.6) is 0 Å². The number of aliphatic hydroxyl groups is 1. The summed E-state index contributed by atoms with van der Waals surface area (Å²) in [4.78, 5) is 97.6. The number of aromatic nitrogens is 2. The first-order valence-corrected chi connectivity index (χ1v) is 29.0. The minimum Gasteiger partial charge on any atom is -0.391 e. The van der Waals surface area contributed by atoms with E-state index in [0.29, 0.717) is 82.6 Å². The summed E-state index contributed by atoms with van der Waals surface area (Å²) < 4.78 is 57.9. The Morgan fingerprint density at radius 1 is 0.854 bits per heavy atom. The number of hydrogen-bond donors (Lipinski definition) is 4. The highest BCUT2D eigenvalue weighted by Crippen LogP contribution is 2.38. The number of anilines is 2. The molecule has 5 heterocycles. The number of rotatable bonds is 20. The van der Waals surface area contributed by atoms with Crippen LogP contribution in [0.4, 0.5) is 28.9 Å². The molecule has 21 heteroatoms. The zero-order valence-corrected chi connectivity index (χ0v) is 48.5. The van der Waals surface area contributed by atoms with Gasteiger partial charge in [0.15, 0.2) is 5.78 Å². The smallest absolute Gasteiger partial charge is 0.391 e. The van der Waals surface area contributed by atoms with Crippen molar-refractivity contribution in [3.63, 3.8) is 0 Å². The number of amides is 3. The van der Waals surface area contributed by atoms with Gasteiger partial charge in [-0.1, -0.05) is 57.2 Å². The fourth-order valence-corrected chi connectivity index (χ4v) is 12.1. The first-order valence-electron chi connectivity index (χ1n) is 28.1. The molecule has 8 rings (SSSR count). The van der Waals surface area contributed by atoms with Gasteiger partial charge in [0.2, 0.25) is 17.4 Å². The Morgan fingerprint density at radius 3 is 2.18 bits per heavy atom. The van der Waals surface area contributed by atoms with E-state index in [2.05, 4.69) is 49.1 Å². The summed E-state index contributed by atoms with van der Waals surface area (Å²) in [7, 11) is 2.01. The van der Waals surface area contributed by atoms with Crippen molar-refractivity contribution < 1.29 is 46.6 Å². The van der Waals surface area contributed by atoms with E-state index in [0.717, 1.165) is 33.5 Å². The second-order valence-corrected chi connectivity index (χ2v) is 24.2. The fraction of sp³-hybridized carbons (Fsp3) is 0.492. The lowest BCUT2D eigenvalue weighted by Gasteiger charge is -2.44. The highest BCUT2D eigenvalue weighted by Gasteiger charge is 2.44. The summed E-state index contributed by atoms with van der Waals surface area (Å²) in [6.07, 6.45) is -4.46. The lowest BCUT2D eigenvalue weighted by Crippen LogP contribution is -2.55. The van der Waals surface area contributed by atoms with Gasteiger partial charge >= 0.3 is 6.18 Å². The predicted octanol–water partition coefficient (Wildman–Crippen LogP) is 8.21. The number of nitrogens with zero attached hydrogens (tertiary/aromatic N) is 6. The summed E-state index contributed by atoms with van der Waals surface area (Å²) >= 11 is 1.57. The monoisotopic (exact) mass is 1150 g/mol. The maximum atomic E-state index is 15.8. The topological polar surface area (TPSA) is 192 Å². The number of aliphatic hydroxyl groups excluding tert-OH is 1. The molecule has 5 atom stereocenters. The summed E-state index contributed by atoms with van der Waals surface area (Å²) in [6, 6.07) is 17.6. The second kappa shape index (κ2) is 26.3. The first-order chi connectivity index (χ1) is 38.8. The maximum absolute atomic E-state index is 15.8. The van der Waals surface area contributed by atoms with E-state index in [4.69, 9.17) is 0 Å². The van der Waals surface area contributed by atoms with Gasteiger partial charge in [-0.3, -0.25) is 43.5 Å². The molecule has 3 amide bonds. The van der Waals surface area contributed by atoms with Gasteiger partial charge in [0.25, 0.3) is 5.91 Å². The molecular weight excluding hydrogens is 1080 g/mol. The van der Waals surface area contributed by atoms with Crippen molar-refractivity contribution in [3.8, 4) is 21.6 Å². The molecule has 0 aliphatic carbocycles. The summed E-state index contributed by atoms with van der Waals surface area (Å²) in [5.74, 6) is -3.37. The van der Waals surface area contributed by atoms with Gasteiger partial charge in [-0.2, -0.15) is 13.2 Å². The number of likely N-dealkylation sites (tertiary alicyclic amines) is 1. The molecule has 0 bridgehead atoms. The Hall–Kier alpha value is -6.65. The molecule has 0 unspecified atom stereocenters. The predicted molar refractivity (Wildman–Crippen MR) is 309 cm³/mol. The number of Topliss-reactive ketones (excluding diaryl/α,β-unsaturated/α-hetero) is 2. The van der Waals surface area contributed by atoms with E-state index in [1.165, 1.54) is 11.0 Å². The Labute approximate surface area is 480 Å². The zero-order chi connectivity index (χ0) is 59.2. The van der Waals surface area contributed by atoms with Crippen LogP contribution in [0.3, 0.4) is 0 Å². The molecule has 16 nitrogen and oxygen atoms in total. The van der Waals surface area contributed by atoms with Crippen molar-refractivity contribution >= 4 is 52.0 Å². The van der Waals surface area contributed by atoms with Crippen LogP contribution in [0.2, 0.25) is 0 Å². The van der Waals surface area contributed by atoms with Gasteiger partial charge in [0.1, 0.15) is 11.6 Å². The third-order valence-electron chi connectivity index (χ3n) is 16.3. The van der Waals surface area contributed by atoms with Crippen molar-refractivity contribution in [2.45, 2.75) is 117 Å². The molecule has 3 aliphatic heterocycles. The van der Waals surface area contributed by atoms with E-state index < -0.39 is 58.1 Å². The van der Waals surface area contributed by atoms with Crippen LogP contribution in [0, 0.1) is 24.1 Å². The maximum Gasteiger partial charge on any atom is 0.417 e. The third-order valence-corrected chi connectivity index (χ3v) is 17.3. The number of alkyl halides is 3. The first kappa shape index (κ1) is 61.4. The molecule has 3 fully saturated rings. The number of H-pyrrole nitrogens is 1. The number of carbonyl (C=O) groups excluding carboxylic acids is 5. The number of ketones is 2. The lowest BCUT2D eigenvalue weighted by molar-refractivity contribution is -0.146. The number of thiazole rings is 1. The minimum absolute atomic E-state index is 0.0117. The lowest BCUT2D eigenvalue weighted by atomic mass is 9.76. The average molecular weight is 1150 g/mol. The van der Waals surface area contributed by atoms with Gasteiger partial charge in [0, 0.05) is 133 Å². The zero-order valence-electron chi connectivity index (χ0n) is 47.7. The number of pyridine rings is 1. The third kappa shape index (κ3) is 15.3. The largest absolute Gasteiger partial charge is 0.417 e. The van der Waals surface area contributed by atoms with Crippen molar-refractivity contribution in [1.29, 1.82) is 0 Å². The van der Waals surface area contributed by atoms with Gasteiger partial charge in [-0.15, -0.1) is 11.3 Å². The molecule has 4 N–H and O–H groups in total. The van der Waals surface area contributed by atoms with Gasteiger partial charge in [-0.25, -0.2) is 9.37 Å². The highest BCUT2D eigenvalue weighted by atomic mass is 32.1. The normalized spacial score (nSPS) is 19.8. The van der Waals surface area contributed by atoms with Gasteiger partial charge in [-0.05, 0) is 86.2 Å². The van der Waals surface area contributed by atoms with Crippen LogP contribution >= 0.6 is 11.3 Å². The van der Waals surface area contributed by atoms with Crippen LogP contribution in [0.1, 0.15) is 99.5 Å². The van der Waals surface area contributed by atoms with Crippen LogP contribution in [0.25, 0.3) is 21.6 Å². The standard InChI is InChI=1S/C61H75F4N9O7S/c1-37-32-73(33-38(2)70(37)7)52-17-14-43(27-51(52)69-58(80)47-31-67-56(79)30-48(47)61(63,64)65)46-26-41(10-16-50(46)62)34-72-24-22-71(23-25-72)21-20-66-55(78)19-15-44(75)28-49(60(4,5)6)59(81)74-35-45(76)29-53(74)54(77)18-11-40-8-12-42(13-9-40)57-39(3)68-36-82-57/h8-10,12-14,16-17,26-27,30-31,36-38,45,49,53,76H,11,15,18-25,28-29,32-35H2,1-7H3,(H,66,78)(H,67,79)(H,69,80)/t37-,38+,45-,49-,53+/m1/s1. The number of halogens is 4. The van der Waals surface area contributed by atoms with Crippen LogP contribution < -0.4 is 21.1 Å². The highest BCUT2D eigenvalue weighted by molar-refractivity contribution is 7.13. The van der Waals surface area contributed by atoms with Crippen molar-refractivity contribution in [2.75, 3.05) is 76.2 Å². The van der Waals surface area contributed by atoms with Crippen LogP contribution in [-0.4, -0.2) is 154 Å². The Bertz CT molecular complexity index is 3160. The number of β-amino-alcohol motifs (C(OH)–C–C–N with tert-alkyl or cyclic N) is 1. The van der Waals surface area contributed by atoms with Crippen molar-refractivity contribution in [2.24, 2.45) is 11.3 Å². The summed E-state index contributed by atoms with van der Waals surface area (Å²) in [5, 5.41) is 16.3. The number of piperazine rings is 2. The molecule has 440 valence electrons. The van der Waals surface area contributed by atoms with Crippen molar-refractivity contribution in [1.82, 2.24) is 34.9 Å². The quantitative estimate of drug-likeness (QED) is 0.0547. The van der Waals surface area contributed by atoms with Gasteiger partial charge in [0.05, 0.1) is 50.7 Å². The second-order valence-electron chi connectivity index (χ2n) is 23.3. The van der Waals surface area contributed by atoms with E-state index in [9.17, 15) is 47.0 Å². The number of benzene rings is 3. The molecule has 0 spiro atoms. The molecule has 0 saturated carbocycles. The molecular formula is C61H75F4N9O7S. The number of carbonyl (C=O) groups is 5. The van der Waals surface area contributed by atoms with Crippen LogP contribution in [0.15, 0.2) is 83.2 Å². The van der Waals surface area contributed by atoms with Crippen molar-refractivity contribution in [3.05, 3.63) is 123 Å². The Morgan fingerprint density at radius 2 is 1.52 bits per heavy atom. The number of aryl methyl sites for hydroxylation is 2. The molecule has 5 aromatic rings. The summed E-state index contributed by atoms with van der Waals surface area (Å²) in [6.45, 7) is 17.0. The molecule has 82 heavy (non-hydrogen) atoms. The van der Waals surface area contributed by atoms with E-state index in [-0.39, 0.29) is 85.4 Å². The SMILES string of the molecule is Cc1ncsc1-c1ccc(CCC(=O)[C@@H]2C[C@@H](O)CN2C(=O)[C@@H](CC(=O)CCC(=O)NCCN2CCN(Cc3ccc(F)c(-c4ccc(N5C[C@@H](C)N(C)[C@@H](C)C5)c(NC(=O)c5c[nH]c(=O)cc5C(F)(F)F)c4)c3)CC2)C(C)(C)C)cc1. The number of hydrogen-bond acceptors (Lipinski definition) is 13. The Kier molecular flexibility index (Phi) is 19.7. The molecule has 3 saturated heterocycles. The van der Waals surface area contributed by atoms with E-state index in [1.807, 2.05) is 69.4 Å². The van der Waals surface area contributed by atoms with E-state index in [1.54, 1.807) is 41.7 Å². The number of likely N-dealkylation sites (N-methyl/N-ethyl adjacent to an activating group) is 1.